The van der Waals surface area contributed by atoms with Gasteiger partial charge in [-0.3, -0.25) is 0 Å². The molecule has 176 valence electrons. The van der Waals surface area contributed by atoms with Crippen LogP contribution < -0.4 is 0 Å². The molecular formula is C28H45IO2. The molecule has 31 heavy (non-hydrogen) atoms. The molecule has 3 atom stereocenters. The van der Waals surface area contributed by atoms with E-state index >= 15 is 0 Å². The van der Waals surface area contributed by atoms with Gasteiger partial charge in [0, 0.05) is 14.9 Å². The maximum absolute atomic E-state index is 11.4. The van der Waals surface area contributed by atoms with E-state index < -0.39 is 0 Å². The van der Waals surface area contributed by atoms with Gasteiger partial charge in [0.1, 0.15) is 5.76 Å². The summed E-state index contributed by atoms with van der Waals surface area (Å²) in [5.74, 6) is 1.50. The molecule has 0 aromatic heterocycles. The van der Waals surface area contributed by atoms with Gasteiger partial charge >= 0.3 is 0 Å². The first-order valence-corrected chi connectivity index (χ1v) is 12.8. The highest BCUT2D eigenvalue weighted by atomic mass is 127. The first-order chi connectivity index (χ1) is 13.8. The smallest absolute Gasteiger partial charge is 0.119 e. The van der Waals surface area contributed by atoms with E-state index in [0.717, 1.165) is 24.0 Å². The molecule has 0 bridgehead atoms. The van der Waals surface area contributed by atoms with Crippen LogP contribution in [0.2, 0.25) is 0 Å². The molecule has 0 fully saturated rings. The van der Waals surface area contributed by atoms with Crippen LogP contribution in [0.4, 0.5) is 0 Å². The van der Waals surface area contributed by atoms with Crippen molar-refractivity contribution >= 4 is 22.6 Å². The molecule has 0 saturated heterocycles. The number of rotatable bonds is 4. The third-order valence-corrected chi connectivity index (χ3v) is 8.44. The molecule has 0 amide bonds. The fraction of sp³-hybridized carbons (Fsp3) is 0.714. The van der Waals surface area contributed by atoms with Gasteiger partial charge in [-0.25, -0.2) is 0 Å². The molecule has 0 saturated carbocycles. The average Bonchev–Trinajstić information content (AvgIpc) is 2.58. The SMILES string of the molecule is CC(C1=C(O)C(C(C)(C)I)=CC(C(C)(C)C)C1)C(C)(C)C1CC(C(C)(C)C)=CC=C1O. The van der Waals surface area contributed by atoms with Crippen molar-refractivity contribution in [2.75, 3.05) is 0 Å². The molecule has 3 heteroatoms. The fourth-order valence-electron chi connectivity index (χ4n) is 4.91. The van der Waals surface area contributed by atoms with E-state index in [-0.39, 0.29) is 31.5 Å². The van der Waals surface area contributed by atoms with Crippen LogP contribution in [0.25, 0.3) is 0 Å². The van der Waals surface area contributed by atoms with Crippen LogP contribution in [-0.2, 0) is 0 Å². The normalized spacial score (nSPS) is 25.1. The fourth-order valence-corrected chi connectivity index (χ4v) is 5.34. The molecule has 0 radical (unpaired) electrons. The third-order valence-electron chi connectivity index (χ3n) is 7.86. The monoisotopic (exact) mass is 540 g/mol. The Labute approximate surface area is 205 Å². The van der Waals surface area contributed by atoms with Crippen LogP contribution in [0.15, 0.2) is 46.5 Å². The number of hydrogen-bond donors (Lipinski definition) is 2. The van der Waals surface area contributed by atoms with E-state index in [2.05, 4.69) is 111 Å². The summed E-state index contributed by atoms with van der Waals surface area (Å²) in [5.41, 5.74) is 3.58. The summed E-state index contributed by atoms with van der Waals surface area (Å²) >= 11 is 2.44. The quantitative estimate of drug-likeness (QED) is 0.276. The first kappa shape index (κ1) is 26.5. The summed E-state index contributed by atoms with van der Waals surface area (Å²) in [6.07, 6.45) is 8.04. The largest absolute Gasteiger partial charge is 0.512 e. The Kier molecular flexibility index (Phi) is 7.34. The summed E-state index contributed by atoms with van der Waals surface area (Å²) in [5, 5.41) is 22.3. The number of alkyl halides is 1. The number of aliphatic hydroxyl groups excluding tert-OH is 2. The van der Waals surface area contributed by atoms with Crippen molar-refractivity contribution in [2.45, 2.75) is 92.4 Å². The predicted molar refractivity (Wildman–Crippen MR) is 143 cm³/mol. The summed E-state index contributed by atoms with van der Waals surface area (Å²) in [6.45, 7) is 24.7. The lowest BCUT2D eigenvalue weighted by Gasteiger charge is -2.45. The van der Waals surface area contributed by atoms with Gasteiger partial charge in [-0.1, -0.05) is 103 Å². The maximum atomic E-state index is 11.4. The van der Waals surface area contributed by atoms with E-state index in [4.69, 9.17) is 0 Å². The molecule has 0 aromatic rings. The van der Waals surface area contributed by atoms with E-state index in [1.807, 2.05) is 6.08 Å². The summed E-state index contributed by atoms with van der Waals surface area (Å²) in [7, 11) is 0. The topological polar surface area (TPSA) is 40.5 Å². The number of hydrogen-bond acceptors (Lipinski definition) is 2. The molecule has 2 rings (SSSR count). The minimum atomic E-state index is -0.199. The molecule has 0 spiro atoms. The molecule has 0 heterocycles. The summed E-state index contributed by atoms with van der Waals surface area (Å²) < 4.78 is -0.143. The molecule has 2 aliphatic carbocycles. The van der Waals surface area contributed by atoms with Crippen LogP contribution in [0.3, 0.4) is 0 Å². The first-order valence-electron chi connectivity index (χ1n) is 11.7. The van der Waals surface area contributed by atoms with Crippen molar-refractivity contribution in [3.63, 3.8) is 0 Å². The highest BCUT2D eigenvalue weighted by molar-refractivity contribution is 14.1. The second-order valence-electron chi connectivity index (χ2n) is 12.9. The Hall–Kier alpha value is -0.710. The molecule has 2 aliphatic rings. The Bertz CT molecular complexity index is 817. The Balaban J connectivity index is 2.50. The Morgan fingerprint density at radius 3 is 1.90 bits per heavy atom. The third kappa shape index (κ3) is 5.62. The van der Waals surface area contributed by atoms with Crippen molar-refractivity contribution in [3.8, 4) is 0 Å². The van der Waals surface area contributed by atoms with E-state index in [9.17, 15) is 10.2 Å². The van der Waals surface area contributed by atoms with Crippen molar-refractivity contribution in [3.05, 3.63) is 46.5 Å². The van der Waals surface area contributed by atoms with Crippen LogP contribution in [-0.4, -0.2) is 13.6 Å². The number of allylic oxidation sites excluding steroid dienone is 7. The minimum absolute atomic E-state index is 0.0390. The van der Waals surface area contributed by atoms with Crippen LogP contribution in [0, 0.1) is 34.0 Å². The Morgan fingerprint density at radius 1 is 0.903 bits per heavy atom. The molecule has 2 N–H and O–H groups in total. The maximum Gasteiger partial charge on any atom is 0.119 e. The van der Waals surface area contributed by atoms with Crippen molar-refractivity contribution in [1.82, 2.24) is 0 Å². The molecule has 2 nitrogen and oxygen atoms in total. The van der Waals surface area contributed by atoms with Crippen LogP contribution in [0.1, 0.15) is 89.0 Å². The summed E-state index contributed by atoms with van der Waals surface area (Å²) in [6, 6.07) is 0. The number of halogens is 1. The zero-order valence-corrected chi connectivity index (χ0v) is 23.8. The minimum Gasteiger partial charge on any atom is -0.512 e. The van der Waals surface area contributed by atoms with E-state index in [1.165, 1.54) is 5.57 Å². The van der Waals surface area contributed by atoms with Gasteiger partial charge in [-0.15, -0.1) is 0 Å². The van der Waals surface area contributed by atoms with Crippen molar-refractivity contribution in [1.29, 1.82) is 0 Å². The number of aliphatic hydroxyl groups is 2. The van der Waals surface area contributed by atoms with Crippen molar-refractivity contribution in [2.24, 2.45) is 34.0 Å². The second kappa shape index (κ2) is 8.57. The molecule has 0 aliphatic heterocycles. The van der Waals surface area contributed by atoms with Gasteiger partial charge in [0.15, 0.2) is 0 Å². The standard InChI is InChI=1S/C28H45IO2/c1-17(27(8,9)21-15-18(25(2,3)4)12-13-23(21)30)20-14-19(26(5,6)7)16-22(24(20)31)28(10,11)29/h12-13,16-17,19,21,30-31H,14-15H2,1-11H3. The van der Waals surface area contributed by atoms with Gasteiger partial charge in [0.2, 0.25) is 0 Å². The zero-order chi connectivity index (χ0) is 24.2. The van der Waals surface area contributed by atoms with Gasteiger partial charge in [0.05, 0.1) is 5.76 Å². The molecular weight excluding hydrogens is 495 g/mol. The van der Waals surface area contributed by atoms with Crippen LogP contribution >= 0.6 is 22.6 Å². The summed E-state index contributed by atoms with van der Waals surface area (Å²) in [4.78, 5) is 0. The lowest BCUT2D eigenvalue weighted by atomic mass is 9.60. The van der Waals surface area contributed by atoms with Crippen LogP contribution in [0.5, 0.6) is 0 Å². The highest BCUT2D eigenvalue weighted by Gasteiger charge is 2.44. The molecule has 3 unspecified atom stereocenters. The average molecular weight is 541 g/mol. The lowest BCUT2D eigenvalue weighted by Crippen LogP contribution is -2.38. The Morgan fingerprint density at radius 2 is 1.45 bits per heavy atom. The van der Waals surface area contributed by atoms with Crippen molar-refractivity contribution < 1.29 is 10.2 Å². The van der Waals surface area contributed by atoms with Gasteiger partial charge in [-0.2, -0.15) is 0 Å². The van der Waals surface area contributed by atoms with Gasteiger partial charge < -0.3 is 10.2 Å². The highest BCUT2D eigenvalue weighted by Crippen LogP contribution is 2.53. The predicted octanol–water partition coefficient (Wildman–Crippen LogP) is 9.10. The van der Waals surface area contributed by atoms with E-state index in [1.54, 1.807) is 0 Å². The van der Waals surface area contributed by atoms with Gasteiger partial charge in [-0.05, 0) is 66.4 Å². The molecule has 0 aromatic carbocycles. The zero-order valence-electron chi connectivity index (χ0n) is 21.7. The van der Waals surface area contributed by atoms with E-state index in [0.29, 0.717) is 17.4 Å². The second-order valence-corrected chi connectivity index (χ2v) is 15.6. The van der Waals surface area contributed by atoms with Gasteiger partial charge in [0.25, 0.3) is 0 Å². The lowest BCUT2D eigenvalue weighted by molar-refractivity contribution is 0.116.